The molecule has 33 heavy (non-hydrogen) atoms. The van der Waals surface area contributed by atoms with E-state index in [1.807, 2.05) is 36.4 Å². The number of hydrogen-bond acceptors (Lipinski definition) is 5. The van der Waals surface area contributed by atoms with E-state index in [4.69, 9.17) is 4.74 Å². The van der Waals surface area contributed by atoms with Crippen LogP contribution in [0.2, 0.25) is 0 Å². The van der Waals surface area contributed by atoms with Gasteiger partial charge in [0.05, 0.1) is 0 Å². The number of carbonyl (C=O) groups is 2. The minimum Gasteiger partial charge on any atom is -0.508 e. The normalized spacial score (nSPS) is 27.2. The van der Waals surface area contributed by atoms with Crippen LogP contribution in [0.3, 0.4) is 0 Å². The summed E-state index contributed by atoms with van der Waals surface area (Å²) in [5.41, 5.74) is 0.297. The summed E-state index contributed by atoms with van der Waals surface area (Å²) in [4.78, 5) is 27.5. The van der Waals surface area contributed by atoms with Crippen LogP contribution in [0.5, 0.6) is 5.75 Å². The number of ether oxygens (including phenoxy) is 1. The monoisotopic (exact) mass is 448 g/mol. The van der Waals surface area contributed by atoms with Crippen LogP contribution in [-0.2, 0) is 14.9 Å². The van der Waals surface area contributed by atoms with Gasteiger partial charge in [0.2, 0.25) is 0 Å². The molecule has 2 aromatic rings. The number of benzene rings is 2. The summed E-state index contributed by atoms with van der Waals surface area (Å²) < 4.78 is 6.19. The third-order valence-corrected chi connectivity index (χ3v) is 7.19. The number of nitrogens with zero attached hydrogens (tertiary/aromatic N) is 1. The van der Waals surface area contributed by atoms with Crippen LogP contribution in [-0.4, -0.2) is 53.2 Å². The largest absolute Gasteiger partial charge is 0.508 e. The lowest BCUT2D eigenvalue weighted by atomic mass is 9.55. The van der Waals surface area contributed by atoms with Gasteiger partial charge in [-0.05, 0) is 62.1 Å². The highest BCUT2D eigenvalue weighted by molar-refractivity contribution is 5.94. The van der Waals surface area contributed by atoms with Crippen LogP contribution in [0.1, 0.15) is 48.5 Å². The number of likely N-dealkylation sites (tertiary alicyclic amines) is 1. The first kappa shape index (κ1) is 23.1. The van der Waals surface area contributed by atoms with Gasteiger partial charge in [-0.25, -0.2) is 0 Å². The van der Waals surface area contributed by atoms with E-state index in [-0.39, 0.29) is 23.7 Å². The quantitative estimate of drug-likeness (QED) is 0.519. The number of amides is 1. The fourth-order valence-corrected chi connectivity index (χ4v) is 5.81. The van der Waals surface area contributed by atoms with Crippen molar-refractivity contribution in [3.8, 4) is 5.75 Å². The molecule has 0 aromatic heterocycles. The van der Waals surface area contributed by atoms with Crippen LogP contribution >= 0.6 is 0 Å². The Morgan fingerprint density at radius 3 is 2.70 bits per heavy atom. The standard InChI is InChI=1S/C27H32N2O4/c1-3-15-29-16-14-26(22-10-7-11-24(31)17-22)18-23(12-13-27(26,19-29)33-20(2)30)28-25(32)21-8-5-4-6-9-21/h3-11,17,23,31H,1,12-16,18-19H2,2H3,(H,28,32). The lowest BCUT2D eigenvalue weighted by Crippen LogP contribution is -2.68. The second-order valence-corrected chi connectivity index (χ2v) is 9.27. The number of esters is 1. The molecule has 1 amide bonds. The number of fused-ring (bicyclic) bond motifs is 1. The molecule has 2 fully saturated rings. The predicted molar refractivity (Wildman–Crippen MR) is 127 cm³/mol. The van der Waals surface area contributed by atoms with E-state index in [2.05, 4.69) is 16.8 Å². The van der Waals surface area contributed by atoms with Crippen molar-refractivity contribution >= 4 is 11.9 Å². The van der Waals surface area contributed by atoms with Crippen LogP contribution in [0.25, 0.3) is 0 Å². The molecule has 1 aliphatic heterocycles. The number of carbonyl (C=O) groups excluding carboxylic acids is 2. The van der Waals surface area contributed by atoms with Gasteiger partial charge in [0.15, 0.2) is 0 Å². The molecule has 6 heteroatoms. The van der Waals surface area contributed by atoms with Gasteiger partial charge in [0.1, 0.15) is 11.4 Å². The Balaban J connectivity index is 1.72. The second-order valence-electron chi connectivity index (χ2n) is 9.27. The van der Waals surface area contributed by atoms with Crippen molar-refractivity contribution < 1.29 is 19.4 Å². The molecule has 0 radical (unpaired) electrons. The van der Waals surface area contributed by atoms with E-state index in [1.54, 1.807) is 24.3 Å². The zero-order chi connectivity index (χ0) is 23.5. The van der Waals surface area contributed by atoms with E-state index in [1.165, 1.54) is 6.92 Å². The van der Waals surface area contributed by atoms with Gasteiger partial charge in [-0.2, -0.15) is 0 Å². The molecule has 2 aromatic carbocycles. The summed E-state index contributed by atoms with van der Waals surface area (Å²) in [6, 6.07) is 16.4. The van der Waals surface area contributed by atoms with E-state index in [0.29, 0.717) is 37.9 Å². The van der Waals surface area contributed by atoms with E-state index in [0.717, 1.165) is 18.5 Å². The van der Waals surface area contributed by atoms with E-state index >= 15 is 0 Å². The Bertz CT molecular complexity index is 1020. The molecule has 174 valence electrons. The summed E-state index contributed by atoms with van der Waals surface area (Å²) in [5.74, 6) is -0.231. The lowest BCUT2D eigenvalue weighted by Gasteiger charge is -2.59. The number of phenols is 1. The third kappa shape index (κ3) is 4.53. The summed E-state index contributed by atoms with van der Waals surface area (Å²) >= 11 is 0. The van der Waals surface area contributed by atoms with Crippen molar-refractivity contribution in [1.82, 2.24) is 10.2 Å². The molecule has 0 bridgehead atoms. The van der Waals surface area contributed by atoms with Gasteiger partial charge in [0.25, 0.3) is 5.91 Å². The number of phenolic OH excluding ortho intramolecular Hbond substituents is 1. The number of rotatable bonds is 6. The fraction of sp³-hybridized carbons (Fsp3) is 0.407. The highest BCUT2D eigenvalue weighted by Crippen LogP contribution is 2.54. The highest BCUT2D eigenvalue weighted by atomic mass is 16.6. The molecule has 1 saturated heterocycles. The molecule has 4 rings (SSSR count). The average Bonchev–Trinajstić information content (AvgIpc) is 2.79. The minimum absolute atomic E-state index is 0.0744. The van der Waals surface area contributed by atoms with Gasteiger partial charge in [-0.1, -0.05) is 36.4 Å². The molecule has 1 aliphatic carbocycles. The first-order valence-corrected chi connectivity index (χ1v) is 11.6. The Morgan fingerprint density at radius 1 is 1.21 bits per heavy atom. The first-order chi connectivity index (χ1) is 15.9. The van der Waals surface area contributed by atoms with Crippen molar-refractivity contribution in [2.45, 2.75) is 49.7 Å². The molecular formula is C27H32N2O4. The van der Waals surface area contributed by atoms with Crippen LogP contribution in [0.4, 0.5) is 0 Å². The van der Waals surface area contributed by atoms with Crippen molar-refractivity contribution in [3.05, 3.63) is 78.4 Å². The van der Waals surface area contributed by atoms with E-state index in [9.17, 15) is 14.7 Å². The zero-order valence-corrected chi connectivity index (χ0v) is 19.1. The first-order valence-electron chi connectivity index (χ1n) is 11.6. The summed E-state index contributed by atoms with van der Waals surface area (Å²) in [6.07, 6.45) is 4.57. The Kier molecular flexibility index (Phi) is 6.56. The SMILES string of the molecule is C=CCN1CCC2(c3cccc(O)c3)CC(NC(=O)c3ccccc3)CCC2(OC(C)=O)C1. The van der Waals surface area contributed by atoms with Gasteiger partial charge < -0.3 is 15.2 Å². The van der Waals surface area contributed by atoms with Crippen LogP contribution in [0, 0.1) is 0 Å². The number of aromatic hydroxyl groups is 1. The molecular weight excluding hydrogens is 416 g/mol. The maximum absolute atomic E-state index is 12.9. The molecule has 1 saturated carbocycles. The molecule has 2 aliphatic rings. The van der Waals surface area contributed by atoms with Gasteiger partial charge in [-0.15, -0.1) is 6.58 Å². The Labute approximate surface area is 195 Å². The van der Waals surface area contributed by atoms with Crippen molar-refractivity contribution in [2.75, 3.05) is 19.6 Å². The van der Waals surface area contributed by atoms with Crippen LogP contribution in [0.15, 0.2) is 67.3 Å². The maximum atomic E-state index is 12.9. The van der Waals surface area contributed by atoms with E-state index < -0.39 is 11.0 Å². The smallest absolute Gasteiger partial charge is 0.303 e. The Morgan fingerprint density at radius 2 is 2.00 bits per heavy atom. The van der Waals surface area contributed by atoms with Crippen molar-refractivity contribution in [2.24, 2.45) is 0 Å². The zero-order valence-electron chi connectivity index (χ0n) is 19.1. The molecule has 3 unspecified atom stereocenters. The average molecular weight is 449 g/mol. The predicted octanol–water partition coefficient (Wildman–Crippen LogP) is 3.81. The number of hydrogen-bond donors (Lipinski definition) is 2. The number of nitrogens with one attached hydrogen (secondary N) is 1. The third-order valence-electron chi connectivity index (χ3n) is 7.19. The maximum Gasteiger partial charge on any atom is 0.303 e. The topological polar surface area (TPSA) is 78.9 Å². The van der Waals surface area contributed by atoms with Crippen LogP contribution < -0.4 is 5.32 Å². The molecule has 3 atom stereocenters. The molecule has 0 spiro atoms. The van der Waals surface area contributed by atoms with Crippen molar-refractivity contribution in [1.29, 1.82) is 0 Å². The number of piperidine rings is 1. The summed E-state index contributed by atoms with van der Waals surface area (Å²) in [7, 11) is 0. The summed E-state index contributed by atoms with van der Waals surface area (Å²) in [5, 5.41) is 13.5. The van der Waals surface area contributed by atoms with Gasteiger partial charge in [0, 0.05) is 37.0 Å². The van der Waals surface area contributed by atoms with Gasteiger partial charge >= 0.3 is 5.97 Å². The minimum atomic E-state index is -0.748. The Hall–Kier alpha value is -3.12. The summed E-state index contributed by atoms with van der Waals surface area (Å²) in [6.45, 7) is 7.45. The lowest BCUT2D eigenvalue weighted by molar-refractivity contribution is -0.186. The molecule has 2 N–H and O–H groups in total. The molecule has 1 heterocycles. The fourth-order valence-electron chi connectivity index (χ4n) is 5.81. The second kappa shape index (κ2) is 9.40. The van der Waals surface area contributed by atoms with Gasteiger partial charge in [-0.3, -0.25) is 14.5 Å². The van der Waals surface area contributed by atoms with Crippen molar-refractivity contribution in [3.63, 3.8) is 0 Å². The molecule has 6 nitrogen and oxygen atoms in total. The highest BCUT2D eigenvalue weighted by Gasteiger charge is 2.60.